The molecule has 2 heterocycles. The molecule has 1 aromatic heterocycles. The molecule has 0 unspecified atom stereocenters. The Morgan fingerprint density at radius 3 is 2.50 bits per heavy atom. The summed E-state index contributed by atoms with van der Waals surface area (Å²) in [7, 11) is 3.22. The number of anilines is 1. The molecule has 0 amide bonds. The molecule has 0 radical (unpaired) electrons. The Hall–Kier alpha value is -2.91. The van der Waals surface area contributed by atoms with Crippen molar-refractivity contribution in [1.82, 2.24) is 4.98 Å². The number of benzene rings is 2. The predicted octanol–water partition coefficient (Wildman–Crippen LogP) is 4.42. The van der Waals surface area contributed by atoms with Crippen LogP contribution in [0.2, 0.25) is 0 Å². The molecule has 3 aromatic rings. The van der Waals surface area contributed by atoms with Crippen molar-refractivity contribution in [3.05, 3.63) is 59.8 Å². The molecule has 1 fully saturated rings. The Morgan fingerprint density at radius 2 is 1.82 bits per heavy atom. The minimum Gasteiger partial charge on any atom is -0.493 e. The number of nitrogens with zero attached hydrogens (tertiary/aromatic N) is 3. The molecule has 1 atom stereocenters. The summed E-state index contributed by atoms with van der Waals surface area (Å²) >= 11 is 1.98. The first-order valence-corrected chi connectivity index (χ1v) is 10.2. The summed E-state index contributed by atoms with van der Waals surface area (Å²) in [5.74, 6) is 3.16. The molecule has 6 heteroatoms. The lowest BCUT2D eigenvalue weighted by molar-refractivity contribution is 0.356. The van der Waals surface area contributed by atoms with Gasteiger partial charge in [0.15, 0.2) is 11.5 Å². The summed E-state index contributed by atoms with van der Waals surface area (Å²) in [6.07, 6.45) is 1.66. The third kappa shape index (κ3) is 3.34. The van der Waals surface area contributed by atoms with E-state index in [-0.39, 0.29) is 0 Å². The van der Waals surface area contributed by atoms with Crippen LogP contribution in [0.1, 0.15) is 16.4 Å². The molecule has 1 aliphatic rings. The van der Waals surface area contributed by atoms with E-state index in [1.54, 1.807) is 20.4 Å². The highest BCUT2D eigenvalue weighted by molar-refractivity contribution is 7.99. The van der Waals surface area contributed by atoms with E-state index in [9.17, 15) is 5.26 Å². The Bertz CT molecular complexity index is 1030. The molecule has 1 saturated heterocycles. The van der Waals surface area contributed by atoms with Gasteiger partial charge in [0.05, 0.1) is 19.8 Å². The van der Waals surface area contributed by atoms with E-state index in [1.165, 1.54) is 5.56 Å². The van der Waals surface area contributed by atoms with Gasteiger partial charge in [-0.1, -0.05) is 30.3 Å². The van der Waals surface area contributed by atoms with Crippen molar-refractivity contribution in [2.45, 2.75) is 5.25 Å². The van der Waals surface area contributed by atoms with Gasteiger partial charge in [0, 0.05) is 41.1 Å². The number of ether oxygens (including phenoxy) is 2. The van der Waals surface area contributed by atoms with Gasteiger partial charge < -0.3 is 14.4 Å². The zero-order chi connectivity index (χ0) is 19.5. The average molecular weight is 391 g/mol. The highest BCUT2D eigenvalue weighted by Gasteiger charge is 2.25. The zero-order valence-electron chi connectivity index (χ0n) is 15.9. The van der Waals surface area contributed by atoms with Crippen LogP contribution < -0.4 is 14.4 Å². The lowest BCUT2D eigenvalue weighted by Gasteiger charge is -2.34. The molecule has 0 spiro atoms. The maximum atomic E-state index is 9.54. The minimum atomic E-state index is 0.391. The summed E-state index contributed by atoms with van der Waals surface area (Å²) in [4.78, 5) is 6.97. The van der Waals surface area contributed by atoms with E-state index < -0.39 is 0 Å². The fourth-order valence-corrected chi connectivity index (χ4v) is 4.85. The smallest absolute Gasteiger partial charge is 0.161 e. The van der Waals surface area contributed by atoms with Crippen molar-refractivity contribution in [3.8, 4) is 17.6 Å². The van der Waals surface area contributed by atoms with Gasteiger partial charge in [0.2, 0.25) is 0 Å². The van der Waals surface area contributed by atoms with Gasteiger partial charge in [-0.25, -0.2) is 4.98 Å². The quantitative estimate of drug-likeness (QED) is 0.656. The molecule has 4 rings (SSSR count). The molecule has 0 bridgehead atoms. The Morgan fingerprint density at radius 1 is 1.11 bits per heavy atom. The maximum absolute atomic E-state index is 9.54. The highest BCUT2D eigenvalue weighted by Crippen LogP contribution is 2.40. The molecule has 0 aliphatic carbocycles. The standard InChI is InChI=1S/C22H21N3O2S/c1-26-19-10-17-16(12-23)13-24-22(18(17)11-20(19)27-2)25-8-9-28-21(14-25)15-6-4-3-5-7-15/h3-7,10-11,13,21H,8-9,14H2,1-2H3/t21-/m0/s1. The molecule has 142 valence electrons. The van der Waals surface area contributed by atoms with Crippen LogP contribution in [0.25, 0.3) is 10.8 Å². The van der Waals surface area contributed by atoms with Crippen molar-refractivity contribution in [2.24, 2.45) is 0 Å². The molecule has 1 aliphatic heterocycles. The third-order valence-corrected chi connectivity index (χ3v) is 6.27. The second-order valence-electron chi connectivity index (χ2n) is 6.58. The van der Waals surface area contributed by atoms with Crippen LogP contribution in [0.5, 0.6) is 11.5 Å². The summed E-state index contributed by atoms with van der Waals surface area (Å²) in [6, 6.07) is 16.6. The molecular weight excluding hydrogens is 370 g/mol. The number of nitriles is 1. The summed E-state index contributed by atoms with van der Waals surface area (Å²) < 4.78 is 10.9. The maximum Gasteiger partial charge on any atom is 0.161 e. The normalized spacial score (nSPS) is 16.6. The first kappa shape index (κ1) is 18.5. The first-order valence-electron chi connectivity index (χ1n) is 9.11. The number of methoxy groups -OCH3 is 2. The fraction of sp³-hybridized carbons (Fsp3) is 0.273. The molecule has 2 aromatic carbocycles. The van der Waals surface area contributed by atoms with Crippen molar-refractivity contribution in [3.63, 3.8) is 0 Å². The summed E-state index contributed by atoms with van der Waals surface area (Å²) in [5, 5.41) is 11.7. The van der Waals surface area contributed by atoms with E-state index >= 15 is 0 Å². The fourth-order valence-electron chi connectivity index (χ4n) is 3.60. The number of pyridine rings is 1. The lowest BCUT2D eigenvalue weighted by atomic mass is 10.1. The number of aromatic nitrogens is 1. The van der Waals surface area contributed by atoms with E-state index in [4.69, 9.17) is 9.47 Å². The van der Waals surface area contributed by atoms with Gasteiger partial charge in [0.1, 0.15) is 11.9 Å². The van der Waals surface area contributed by atoms with Crippen LogP contribution in [0.15, 0.2) is 48.7 Å². The van der Waals surface area contributed by atoms with Crippen LogP contribution in [0.3, 0.4) is 0 Å². The third-order valence-electron chi connectivity index (χ3n) is 5.03. The van der Waals surface area contributed by atoms with Crippen LogP contribution >= 0.6 is 11.8 Å². The van der Waals surface area contributed by atoms with Gasteiger partial charge in [-0.15, -0.1) is 0 Å². The van der Waals surface area contributed by atoms with Crippen molar-refractivity contribution < 1.29 is 9.47 Å². The van der Waals surface area contributed by atoms with E-state index in [0.717, 1.165) is 35.4 Å². The molecule has 0 N–H and O–H groups in total. The Balaban J connectivity index is 1.79. The van der Waals surface area contributed by atoms with E-state index in [1.807, 2.05) is 30.0 Å². The molecule has 28 heavy (non-hydrogen) atoms. The van der Waals surface area contributed by atoms with E-state index in [0.29, 0.717) is 22.3 Å². The van der Waals surface area contributed by atoms with Crippen molar-refractivity contribution in [1.29, 1.82) is 5.26 Å². The first-order chi connectivity index (χ1) is 13.7. The zero-order valence-corrected chi connectivity index (χ0v) is 16.7. The van der Waals surface area contributed by atoms with Crippen LogP contribution in [0, 0.1) is 11.3 Å². The lowest BCUT2D eigenvalue weighted by Crippen LogP contribution is -2.35. The number of hydrogen-bond donors (Lipinski definition) is 0. The second kappa shape index (κ2) is 7.99. The van der Waals surface area contributed by atoms with Crippen LogP contribution in [0.4, 0.5) is 5.82 Å². The Labute approximate surface area is 168 Å². The van der Waals surface area contributed by atoms with Gasteiger partial charge in [0.25, 0.3) is 0 Å². The average Bonchev–Trinajstić information content (AvgIpc) is 2.78. The molecular formula is C22H21N3O2S. The number of thioether (sulfide) groups is 1. The van der Waals surface area contributed by atoms with Crippen LogP contribution in [-0.2, 0) is 0 Å². The topological polar surface area (TPSA) is 58.4 Å². The van der Waals surface area contributed by atoms with E-state index in [2.05, 4.69) is 40.2 Å². The highest BCUT2D eigenvalue weighted by atomic mass is 32.2. The van der Waals surface area contributed by atoms with Crippen molar-refractivity contribution in [2.75, 3.05) is 38.0 Å². The van der Waals surface area contributed by atoms with Crippen LogP contribution in [-0.4, -0.2) is 38.0 Å². The second-order valence-corrected chi connectivity index (χ2v) is 7.89. The van der Waals surface area contributed by atoms with Gasteiger partial charge in [-0.2, -0.15) is 17.0 Å². The van der Waals surface area contributed by atoms with Gasteiger partial charge in [-0.3, -0.25) is 0 Å². The molecule has 0 saturated carbocycles. The summed E-state index contributed by atoms with van der Waals surface area (Å²) in [5.41, 5.74) is 1.86. The monoisotopic (exact) mass is 391 g/mol. The number of hydrogen-bond acceptors (Lipinski definition) is 6. The molecule has 5 nitrogen and oxygen atoms in total. The van der Waals surface area contributed by atoms with Gasteiger partial charge >= 0.3 is 0 Å². The number of fused-ring (bicyclic) bond motifs is 1. The SMILES string of the molecule is COc1cc2c(C#N)cnc(N3CCS[C@H](c4ccccc4)C3)c2cc1OC. The summed E-state index contributed by atoms with van der Waals surface area (Å²) in [6.45, 7) is 1.79. The number of rotatable bonds is 4. The largest absolute Gasteiger partial charge is 0.493 e. The van der Waals surface area contributed by atoms with Gasteiger partial charge in [-0.05, 0) is 17.7 Å². The predicted molar refractivity (Wildman–Crippen MR) is 113 cm³/mol. The van der Waals surface area contributed by atoms with Crippen molar-refractivity contribution >= 4 is 28.4 Å². The Kier molecular flexibility index (Phi) is 5.27. The minimum absolute atomic E-state index is 0.391.